The first-order valence-electron chi connectivity index (χ1n) is 11.4. The summed E-state index contributed by atoms with van der Waals surface area (Å²) in [4.78, 5) is 23.7. The second-order valence-corrected chi connectivity index (χ2v) is 20.6. The van der Waals surface area contributed by atoms with Crippen LogP contribution < -0.4 is 0 Å². The van der Waals surface area contributed by atoms with Crippen LogP contribution in [0.4, 0.5) is 0 Å². The Morgan fingerprint density at radius 2 is 1.14 bits per heavy atom. The van der Waals surface area contributed by atoms with E-state index in [0.717, 1.165) is 84.3 Å². The summed E-state index contributed by atoms with van der Waals surface area (Å²) in [5, 5.41) is 13.3. The summed E-state index contributed by atoms with van der Waals surface area (Å²) in [6.45, 7) is 0. The molecule has 4 nitrogen and oxygen atoms in total. The Kier molecular flexibility index (Phi) is 35.4. The second kappa shape index (κ2) is 32.6. The molecule has 0 saturated heterocycles. The molecule has 0 heterocycles. The predicted octanol–water partition coefficient (Wildman–Crippen LogP) is 6.70. The zero-order valence-electron chi connectivity index (χ0n) is 20.9. The van der Waals surface area contributed by atoms with Crippen LogP contribution in [0.2, 0.25) is 0 Å². The number of rotatable bonds is 28. The smallest absolute Gasteiger partial charge is 0.189 e. The Morgan fingerprint density at radius 3 is 1.67 bits per heavy atom. The quantitative estimate of drug-likeness (QED) is 0.0532. The van der Waals surface area contributed by atoms with Gasteiger partial charge in [0.2, 0.25) is 0 Å². The van der Waals surface area contributed by atoms with E-state index in [1.165, 1.54) is 35.3 Å². The number of hydrogen-bond donors (Lipinski definition) is 1. The molecule has 0 aliphatic carbocycles. The van der Waals surface area contributed by atoms with Crippen molar-refractivity contribution in [3.05, 3.63) is 0 Å². The standard InChI is InChI=1S/C21H40O4S11/c1-26-5-2-13-36(25)14-12-31-19-33-18-30-9-11-35-21(24)4-7-29-17-32-16-28-6-3-20(23)34-10-8-27-15-22/h22H,2-19H2,1H3. The molecule has 1 N–H and O–H groups in total. The summed E-state index contributed by atoms with van der Waals surface area (Å²) in [7, 11) is 0. The summed E-state index contributed by atoms with van der Waals surface area (Å²) in [6, 6.07) is 0. The van der Waals surface area contributed by atoms with Crippen molar-refractivity contribution >= 4 is 139 Å². The molecule has 0 saturated carbocycles. The second-order valence-electron chi connectivity index (χ2n) is 6.69. The summed E-state index contributed by atoms with van der Waals surface area (Å²) in [5.74, 6) is 9.10. The molecule has 1 atom stereocenters. The summed E-state index contributed by atoms with van der Waals surface area (Å²) < 4.78 is 11.8. The van der Waals surface area contributed by atoms with Crippen molar-refractivity contribution in [3.63, 3.8) is 0 Å². The molecule has 0 aromatic carbocycles. The summed E-state index contributed by atoms with van der Waals surface area (Å²) in [5.41, 5.74) is 0. The van der Waals surface area contributed by atoms with E-state index in [4.69, 9.17) is 5.11 Å². The Bertz CT molecular complexity index is 506. The molecule has 0 spiro atoms. The van der Waals surface area contributed by atoms with E-state index in [1.807, 2.05) is 70.6 Å². The van der Waals surface area contributed by atoms with Gasteiger partial charge in [0.1, 0.15) is 11.5 Å². The van der Waals surface area contributed by atoms with Crippen molar-refractivity contribution in [3.8, 4) is 0 Å². The Labute approximate surface area is 264 Å². The van der Waals surface area contributed by atoms with Crippen LogP contribution in [0, 0.1) is 0 Å². The van der Waals surface area contributed by atoms with Gasteiger partial charge in [0.25, 0.3) is 0 Å². The zero-order valence-corrected chi connectivity index (χ0v) is 29.9. The van der Waals surface area contributed by atoms with E-state index in [0.29, 0.717) is 18.0 Å². The van der Waals surface area contributed by atoms with Gasteiger partial charge in [-0.05, 0) is 12.0 Å². The number of carbonyl (C=O) groups is 2. The van der Waals surface area contributed by atoms with Crippen LogP contribution in [0.3, 0.4) is 0 Å². The fraction of sp³-hybridized carbons (Fsp3) is 0.905. The number of aliphatic hydroxyl groups is 1. The average Bonchev–Trinajstić information content (AvgIpc) is 2.86. The van der Waals surface area contributed by atoms with Crippen molar-refractivity contribution in [2.24, 2.45) is 0 Å². The van der Waals surface area contributed by atoms with E-state index in [1.54, 1.807) is 11.8 Å². The lowest BCUT2D eigenvalue weighted by molar-refractivity contribution is -0.111. The lowest BCUT2D eigenvalue weighted by atomic mass is 10.5. The molecule has 0 amide bonds. The molecular formula is C21H40O4S11. The molecule has 36 heavy (non-hydrogen) atoms. The highest BCUT2D eigenvalue weighted by molar-refractivity contribution is 8.23. The molecule has 0 aliphatic rings. The minimum atomic E-state index is -0.650. The topological polar surface area (TPSA) is 77.4 Å². The van der Waals surface area contributed by atoms with E-state index < -0.39 is 11.2 Å². The van der Waals surface area contributed by atoms with E-state index in [-0.39, 0.29) is 11.1 Å². The van der Waals surface area contributed by atoms with E-state index in [2.05, 4.69) is 6.26 Å². The van der Waals surface area contributed by atoms with Crippen LogP contribution in [0.5, 0.6) is 0 Å². The molecule has 0 fully saturated rings. The monoisotopic (exact) mass is 708 g/mol. The lowest BCUT2D eigenvalue weighted by Crippen LogP contribution is -2.13. The Balaban J connectivity index is 3.27. The van der Waals surface area contributed by atoms with Crippen LogP contribution in [-0.2, 0) is 20.8 Å². The van der Waals surface area contributed by atoms with Gasteiger partial charge in [-0.2, -0.15) is 47.0 Å². The van der Waals surface area contributed by atoms with Crippen molar-refractivity contribution in [1.82, 2.24) is 0 Å². The molecule has 1 unspecified atom stereocenters. The maximum atomic E-state index is 12.0. The molecular weight excluding hydrogens is 669 g/mol. The maximum absolute atomic E-state index is 12.0. The van der Waals surface area contributed by atoms with Crippen LogP contribution in [0.15, 0.2) is 0 Å². The Morgan fingerprint density at radius 1 is 0.639 bits per heavy atom. The van der Waals surface area contributed by atoms with Gasteiger partial charge in [-0.3, -0.25) is 9.59 Å². The average molecular weight is 709 g/mol. The fourth-order valence-corrected chi connectivity index (χ4v) is 13.8. The van der Waals surface area contributed by atoms with E-state index in [9.17, 15) is 14.1 Å². The van der Waals surface area contributed by atoms with Crippen molar-refractivity contribution in [1.29, 1.82) is 0 Å². The highest BCUT2D eigenvalue weighted by Crippen LogP contribution is 2.22. The van der Waals surface area contributed by atoms with Gasteiger partial charge in [0, 0.05) is 79.9 Å². The van der Waals surface area contributed by atoms with Gasteiger partial charge in [-0.1, -0.05) is 34.7 Å². The SMILES string of the molecule is CSCCC[S+]([O-])CCSCSCSCCSC(=O)CCSCSCSCCC(=O)SCCSCO. The number of thioether (sulfide) groups is 10. The highest BCUT2D eigenvalue weighted by atomic mass is 32.2. The normalized spacial score (nSPS) is 12.2. The fourth-order valence-electron chi connectivity index (χ4n) is 2.11. The summed E-state index contributed by atoms with van der Waals surface area (Å²) >= 11 is 16.6. The van der Waals surface area contributed by atoms with Gasteiger partial charge in [0.15, 0.2) is 10.2 Å². The number of hydrogen-bond acceptors (Lipinski definition) is 14. The first-order valence-corrected chi connectivity index (χ1v) is 24.3. The molecule has 0 aromatic heterocycles. The van der Waals surface area contributed by atoms with E-state index >= 15 is 0 Å². The third-order valence-electron chi connectivity index (χ3n) is 3.82. The molecule has 0 aromatic rings. The Hall–Kier alpha value is 3.11. The largest absolute Gasteiger partial charge is 0.616 e. The minimum absolute atomic E-state index is 0.122. The molecule has 214 valence electrons. The van der Waals surface area contributed by atoms with Gasteiger partial charge in [-0.25, -0.2) is 0 Å². The first-order chi connectivity index (χ1) is 17.6. The van der Waals surface area contributed by atoms with Crippen LogP contribution >= 0.6 is 118 Å². The number of aliphatic hydroxyl groups excluding tert-OH is 1. The van der Waals surface area contributed by atoms with Gasteiger partial charge in [0.05, 0.1) is 5.94 Å². The van der Waals surface area contributed by atoms with Crippen LogP contribution in [0.25, 0.3) is 0 Å². The molecule has 0 rings (SSSR count). The molecule has 0 radical (unpaired) electrons. The molecule has 0 aliphatic heterocycles. The van der Waals surface area contributed by atoms with Crippen LogP contribution in [-0.4, -0.2) is 110 Å². The van der Waals surface area contributed by atoms with Gasteiger partial charge >= 0.3 is 0 Å². The van der Waals surface area contributed by atoms with Gasteiger partial charge in [-0.15, -0.1) is 47.0 Å². The lowest BCUT2D eigenvalue weighted by Gasteiger charge is -2.10. The van der Waals surface area contributed by atoms with Gasteiger partial charge < -0.3 is 9.66 Å². The predicted molar refractivity (Wildman–Crippen MR) is 189 cm³/mol. The maximum Gasteiger partial charge on any atom is 0.189 e. The number of carbonyl (C=O) groups excluding carboxylic acids is 2. The molecule has 15 heteroatoms. The third kappa shape index (κ3) is 31.6. The minimum Gasteiger partial charge on any atom is -0.616 e. The molecule has 0 bridgehead atoms. The van der Waals surface area contributed by atoms with Crippen LogP contribution in [0.1, 0.15) is 19.3 Å². The highest BCUT2D eigenvalue weighted by Gasteiger charge is 2.06. The first kappa shape index (κ1) is 39.1. The van der Waals surface area contributed by atoms with Crippen molar-refractivity contribution < 1.29 is 19.2 Å². The third-order valence-corrected chi connectivity index (χ3v) is 16.5. The summed E-state index contributed by atoms with van der Waals surface area (Å²) in [6.07, 6.45) is 4.39. The van der Waals surface area contributed by atoms with Crippen molar-refractivity contribution in [2.75, 3.05) is 90.1 Å². The zero-order chi connectivity index (χ0) is 26.5. The van der Waals surface area contributed by atoms with Crippen molar-refractivity contribution in [2.45, 2.75) is 19.3 Å².